The predicted molar refractivity (Wildman–Crippen MR) is 141 cm³/mol. The number of amides is 1. The maximum Gasteiger partial charge on any atom is 0.254 e. The van der Waals surface area contributed by atoms with Crippen LogP contribution >= 0.6 is 11.6 Å². The molecule has 0 aromatic heterocycles. The molecule has 0 heterocycles. The van der Waals surface area contributed by atoms with E-state index in [0.29, 0.717) is 10.9 Å². The Hall–Kier alpha value is -1.88. The van der Waals surface area contributed by atoms with Crippen molar-refractivity contribution in [2.75, 3.05) is 19.7 Å². The lowest BCUT2D eigenvalue weighted by Gasteiger charge is -2.40. The van der Waals surface area contributed by atoms with Gasteiger partial charge in [0, 0.05) is 36.3 Å². The Morgan fingerprint density at radius 2 is 1.65 bits per heavy atom. The van der Waals surface area contributed by atoms with Gasteiger partial charge in [0.2, 0.25) is 0 Å². The summed E-state index contributed by atoms with van der Waals surface area (Å²) in [7, 11) is 0. The summed E-state index contributed by atoms with van der Waals surface area (Å²) in [6, 6.07) is 16.6. The largest absolute Gasteiger partial charge is 0.396 e. The minimum atomic E-state index is 0.0426. The van der Waals surface area contributed by atoms with Gasteiger partial charge in [-0.15, -0.1) is 0 Å². The maximum absolute atomic E-state index is 13.4. The molecule has 1 amide bonds. The Kier molecular flexibility index (Phi) is 9.99. The molecule has 2 aromatic rings. The lowest BCUT2D eigenvalue weighted by Crippen LogP contribution is -2.46. The first kappa shape index (κ1) is 26.7. The summed E-state index contributed by atoms with van der Waals surface area (Å²) in [6.07, 6.45) is 6.15. The standard InChI is InChI=1S/C29H41ClN2O2/c1-29(2,3)21-32(28(34)25-10-14-26(30)15-11-25)27-16-12-24(13-17-27)23-8-6-22(7-9-23)20-31-18-4-5-19-33/h6-11,14-15,24,27,31,33H,4-5,12-13,16-21H2,1-3H3. The molecule has 3 rings (SSSR count). The van der Waals surface area contributed by atoms with E-state index < -0.39 is 0 Å². The highest BCUT2D eigenvalue weighted by molar-refractivity contribution is 6.30. The van der Waals surface area contributed by atoms with Crippen molar-refractivity contribution in [3.8, 4) is 0 Å². The molecule has 1 aliphatic carbocycles. The average molecular weight is 485 g/mol. The summed E-state index contributed by atoms with van der Waals surface area (Å²) in [6.45, 7) is 9.42. The van der Waals surface area contributed by atoms with Crippen LogP contribution in [-0.4, -0.2) is 41.7 Å². The highest BCUT2D eigenvalue weighted by atomic mass is 35.5. The van der Waals surface area contributed by atoms with E-state index in [1.54, 1.807) is 12.1 Å². The molecule has 186 valence electrons. The second-order valence-corrected chi connectivity index (χ2v) is 11.3. The molecule has 0 spiro atoms. The number of rotatable bonds is 10. The Balaban J connectivity index is 1.58. The van der Waals surface area contributed by atoms with Crippen LogP contribution < -0.4 is 5.32 Å². The van der Waals surface area contributed by atoms with Gasteiger partial charge >= 0.3 is 0 Å². The zero-order chi connectivity index (χ0) is 24.6. The number of benzene rings is 2. The minimum absolute atomic E-state index is 0.0426. The van der Waals surface area contributed by atoms with E-state index in [4.69, 9.17) is 16.7 Å². The first-order valence-electron chi connectivity index (χ1n) is 12.7. The molecule has 4 nitrogen and oxygen atoms in total. The number of carbonyl (C=O) groups excluding carboxylic acids is 1. The minimum Gasteiger partial charge on any atom is -0.396 e. The number of nitrogens with zero attached hydrogens (tertiary/aromatic N) is 1. The fourth-order valence-electron chi connectivity index (χ4n) is 4.86. The van der Waals surface area contributed by atoms with Crippen molar-refractivity contribution in [3.05, 3.63) is 70.2 Å². The molecule has 0 atom stereocenters. The van der Waals surface area contributed by atoms with Crippen LogP contribution in [-0.2, 0) is 6.54 Å². The van der Waals surface area contributed by atoms with Crippen molar-refractivity contribution in [1.82, 2.24) is 10.2 Å². The topological polar surface area (TPSA) is 52.6 Å². The number of carbonyl (C=O) groups is 1. The summed E-state index contributed by atoms with van der Waals surface area (Å²) in [4.78, 5) is 15.5. The van der Waals surface area contributed by atoms with Crippen molar-refractivity contribution in [3.63, 3.8) is 0 Å². The summed E-state index contributed by atoms with van der Waals surface area (Å²) < 4.78 is 0. The molecular formula is C29H41ClN2O2. The molecule has 2 aromatic carbocycles. The van der Waals surface area contributed by atoms with Crippen LogP contribution in [0.15, 0.2) is 48.5 Å². The fourth-order valence-corrected chi connectivity index (χ4v) is 4.99. The zero-order valence-corrected chi connectivity index (χ0v) is 21.8. The van der Waals surface area contributed by atoms with Gasteiger partial charge in [0.15, 0.2) is 0 Å². The molecule has 0 saturated heterocycles. The average Bonchev–Trinajstić information content (AvgIpc) is 2.82. The van der Waals surface area contributed by atoms with Gasteiger partial charge in [-0.2, -0.15) is 0 Å². The van der Waals surface area contributed by atoms with Crippen LogP contribution in [0.1, 0.15) is 86.7 Å². The smallest absolute Gasteiger partial charge is 0.254 e. The second kappa shape index (κ2) is 12.7. The Morgan fingerprint density at radius 3 is 2.24 bits per heavy atom. The molecule has 0 bridgehead atoms. The Bertz CT molecular complexity index is 882. The van der Waals surface area contributed by atoms with Crippen molar-refractivity contribution < 1.29 is 9.90 Å². The van der Waals surface area contributed by atoms with Crippen molar-refractivity contribution in [2.24, 2.45) is 5.41 Å². The lowest BCUT2D eigenvalue weighted by molar-refractivity contribution is 0.0534. The first-order valence-corrected chi connectivity index (χ1v) is 13.1. The molecule has 1 saturated carbocycles. The van der Waals surface area contributed by atoms with E-state index in [0.717, 1.165) is 63.7 Å². The van der Waals surface area contributed by atoms with Gasteiger partial charge in [-0.3, -0.25) is 4.79 Å². The number of aliphatic hydroxyl groups is 1. The Labute approximate surface area is 210 Å². The molecule has 1 aliphatic rings. The van der Waals surface area contributed by atoms with Crippen LogP contribution in [0.25, 0.3) is 0 Å². The summed E-state index contributed by atoms with van der Waals surface area (Å²) >= 11 is 6.04. The molecular weight excluding hydrogens is 444 g/mol. The summed E-state index contributed by atoms with van der Waals surface area (Å²) in [5.74, 6) is 0.677. The van der Waals surface area contributed by atoms with E-state index in [1.807, 2.05) is 12.1 Å². The summed E-state index contributed by atoms with van der Waals surface area (Å²) in [5.41, 5.74) is 3.47. The maximum atomic E-state index is 13.4. The van der Waals surface area contributed by atoms with E-state index >= 15 is 0 Å². The molecule has 0 radical (unpaired) electrons. The molecule has 34 heavy (non-hydrogen) atoms. The van der Waals surface area contributed by atoms with Gasteiger partial charge in [0.05, 0.1) is 0 Å². The number of unbranched alkanes of at least 4 members (excludes halogenated alkanes) is 1. The van der Waals surface area contributed by atoms with Gasteiger partial charge in [-0.05, 0) is 91.8 Å². The van der Waals surface area contributed by atoms with Crippen molar-refractivity contribution >= 4 is 17.5 Å². The molecule has 2 N–H and O–H groups in total. The van der Waals surface area contributed by atoms with E-state index in [2.05, 4.69) is 55.3 Å². The SMILES string of the molecule is CC(C)(C)CN(C(=O)c1ccc(Cl)cc1)C1CCC(c2ccc(CNCCCCO)cc2)CC1. The van der Waals surface area contributed by atoms with Crippen LogP contribution in [0.4, 0.5) is 0 Å². The Morgan fingerprint density at radius 1 is 1.00 bits per heavy atom. The van der Waals surface area contributed by atoms with Crippen molar-refractivity contribution in [2.45, 2.75) is 77.8 Å². The van der Waals surface area contributed by atoms with E-state index in [9.17, 15) is 4.79 Å². The number of hydrogen-bond donors (Lipinski definition) is 2. The third-order valence-corrected chi connectivity index (χ3v) is 6.93. The summed E-state index contributed by atoms with van der Waals surface area (Å²) in [5, 5.41) is 13.0. The number of halogens is 1. The van der Waals surface area contributed by atoms with Crippen LogP contribution in [0, 0.1) is 5.41 Å². The quantitative estimate of drug-likeness (QED) is 0.383. The molecule has 5 heteroatoms. The highest BCUT2D eigenvalue weighted by Gasteiger charge is 2.32. The van der Waals surface area contributed by atoms with Crippen LogP contribution in [0.5, 0.6) is 0 Å². The number of aliphatic hydroxyl groups excluding tert-OH is 1. The molecule has 1 fully saturated rings. The predicted octanol–water partition coefficient (Wildman–Crippen LogP) is 6.42. The fraction of sp³-hybridized carbons (Fsp3) is 0.552. The monoisotopic (exact) mass is 484 g/mol. The molecule has 0 aliphatic heterocycles. The second-order valence-electron chi connectivity index (χ2n) is 10.9. The van der Waals surface area contributed by atoms with E-state index in [1.165, 1.54) is 11.1 Å². The van der Waals surface area contributed by atoms with Gasteiger partial charge in [-0.25, -0.2) is 0 Å². The van der Waals surface area contributed by atoms with Gasteiger partial charge in [0.25, 0.3) is 5.91 Å². The van der Waals surface area contributed by atoms with Crippen LogP contribution in [0.3, 0.4) is 0 Å². The third-order valence-electron chi connectivity index (χ3n) is 6.68. The number of hydrogen-bond acceptors (Lipinski definition) is 3. The van der Waals surface area contributed by atoms with Gasteiger partial charge in [-0.1, -0.05) is 56.6 Å². The van der Waals surface area contributed by atoms with E-state index in [-0.39, 0.29) is 24.0 Å². The normalized spacial score (nSPS) is 18.6. The van der Waals surface area contributed by atoms with Gasteiger partial charge < -0.3 is 15.3 Å². The van der Waals surface area contributed by atoms with Crippen molar-refractivity contribution in [1.29, 1.82) is 0 Å². The van der Waals surface area contributed by atoms with Gasteiger partial charge in [0.1, 0.15) is 0 Å². The zero-order valence-electron chi connectivity index (χ0n) is 21.0. The lowest BCUT2D eigenvalue weighted by atomic mass is 9.80. The highest BCUT2D eigenvalue weighted by Crippen LogP contribution is 2.36. The first-order chi connectivity index (χ1) is 16.3. The molecule has 0 unspecified atom stereocenters. The number of nitrogens with one attached hydrogen (secondary N) is 1. The van der Waals surface area contributed by atoms with Crippen LogP contribution in [0.2, 0.25) is 5.02 Å². The third kappa shape index (κ3) is 8.11.